The van der Waals surface area contributed by atoms with Gasteiger partial charge in [-0.15, -0.1) is 0 Å². The van der Waals surface area contributed by atoms with Crippen LogP contribution in [-0.2, 0) is 10.0 Å². The summed E-state index contributed by atoms with van der Waals surface area (Å²) in [6.45, 7) is 0.993. The van der Waals surface area contributed by atoms with E-state index in [2.05, 4.69) is 15.0 Å². The smallest absolute Gasteiger partial charge is 0.321 e. The highest BCUT2D eigenvalue weighted by Crippen LogP contribution is 2.13. The zero-order valence-corrected chi connectivity index (χ0v) is 12.1. The molecule has 1 aliphatic rings. The average Bonchev–Trinajstić information content (AvgIpc) is 2.38. The minimum atomic E-state index is -3.25. The molecule has 2 N–H and O–H groups in total. The molecule has 1 atom stereocenters. The third-order valence-corrected chi connectivity index (χ3v) is 3.76. The number of hydrogen-bond donors (Lipinski definition) is 2. The molecule has 110 valence electrons. The summed E-state index contributed by atoms with van der Waals surface area (Å²) in [5, 5.41) is 2.74. The second-order valence-electron chi connectivity index (χ2n) is 4.85. The fourth-order valence-electron chi connectivity index (χ4n) is 2.20. The molecule has 0 spiro atoms. The van der Waals surface area contributed by atoms with E-state index in [-0.39, 0.29) is 12.1 Å². The molecule has 2 heterocycles. The molecule has 1 fully saturated rings. The van der Waals surface area contributed by atoms with Crippen LogP contribution in [0.4, 0.5) is 10.5 Å². The number of urea groups is 1. The SMILES string of the molecule is CS(=O)(=O)N[C@H]1CCCN(C(=O)Nc2cccnc2)C1. The minimum Gasteiger partial charge on any atom is -0.323 e. The predicted molar refractivity (Wildman–Crippen MR) is 75.8 cm³/mol. The molecule has 2 rings (SSSR count). The Morgan fingerprint density at radius 2 is 2.30 bits per heavy atom. The second-order valence-corrected chi connectivity index (χ2v) is 6.63. The molecule has 8 heteroatoms. The van der Waals surface area contributed by atoms with E-state index in [9.17, 15) is 13.2 Å². The van der Waals surface area contributed by atoms with E-state index in [0.29, 0.717) is 18.8 Å². The number of carbonyl (C=O) groups is 1. The molecule has 1 aromatic rings. The van der Waals surface area contributed by atoms with Crippen molar-refractivity contribution >= 4 is 21.7 Å². The molecule has 0 saturated carbocycles. The lowest BCUT2D eigenvalue weighted by molar-refractivity contribution is 0.190. The van der Waals surface area contributed by atoms with Gasteiger partial charge in [-0.05, 0) is 25.0 Å². The van der Waals surface area contributed by atoms with Crippen molar-refractivity contribution in [2.45, 2.75) is 18.9 Å². The van der Waals surface area contributed by atoms with Crippen molar-refractivity contribution in [2.24, 2.45) is 0 Å². The maximum atomic E-state index is 12.1. The molecule has 0 aliphatic carbocycles. The number of anilines is 1. The molecule has 0 bridgehead atoms. The van der Waals surface area contributed by atoms with Crippen molar-refractivity contribution in [3.8, 4) is 0 Å². The van der Waals surface area contributed by atoms with Crippen molar-refractivity contribution in [1.29, 1.82) is 0 Å². The Morgan fingerprint density at radius 3 is 2.95 bits per heavy atom. The monoisotopic (exact) mass is 298 g/mol. The minimum absolute atomic E-state index is 0.224. The summed E-state index contributed by atoms with van der Waals surface area (Å²) < 4.78 is 25.0. The highest BCUT2D eigenvalue weighted by Gasteiger charge is 2.25. The number of sulfonamides is 1. The number of hydrogen-bond acceptors (Lipinski definition) is 4. The lowest BCUT2D eigenvalue weighted by Crippen LogP contribution is -2.50. The fourth-order valence-corrected chi connectivity index (χ4v) is 3.00. The zero-order chi connectivity index (χ0) is 14.6. The summed E-state index contributed by atoms with van der Waals surface area (Å²) in [5.74, 6) is 0. The van der Waals surface area contributed by atoms with Crippen molar-refractivity contribution in [3.05, 3.63) is 24.5 Å². The van der Waals surface area contributed by atoms with Gasteiger partial charge >= 0.3 is 6.03 Å². The topological polar surface area (TPSA) is 91.4 Å². The van der Waals surface area contributed by atoms with Gasteiger partial charge < -0.3 is 10.2 Å². The summed E-state index contributed by atoms with van der Waals surface area (Å²) in [6.07, 6.45) is 5.83. The summed E-state index contributed by atoms with van der Waals surface area (Å²) in [6, 6.07) is 3.03. The van der Waals surface area contributed by atoms with Gasteiger partial charge in [0.15, 0.2) is 0 Å². The van der Waals surface area contributed by atoms with Gasteiger partial charge in [-0.2, -0.15) is 0 Å². The summed E-state index contributed by atoms with van der Waals surface area (Å²) >= 11 is 0. The Labute approximate surface area is 118 Å². The number of likely N-dealkylation sites (tertiary alicyclic amines) is 1. The van der Waals surface area contributed by atoms with E-state index in [1.54, 1.807) is 29.4 Å². The summed E-state index contributed by atoms with van der Waals surface area (Å²) in [5.41, 5.74) is 0.621. The summed E-state index contributed by atoms with van der Waals surface area (Å²) in [7, 11) is -3.25. The van der Waals surface area contributed by atoms with E-state index < -0.39 is 10.0 Å². The highest BCUT2D eigenvalue weighted by atomic mass is 32.2. The van der Waals surface area contributed by atoms with E-state index in [1.807, 2.05) is 0 Å². The van der Waals surface area contributed by atoms with E-state index >= 15 is 0 Å². The molecule has 7 nitrogen and oxygen atoms in total. The number of rotatable bonds is 3. The van der Waals surface area contributed by atoms with Crippen LogP contribution >= 0.6 is 0 Å². The summed E-state index contributed by atoms with van der Waals surface area (Å²) in [4.78, 5) is 17.6. The Hall–Kier alpha value is -1.67. The molecule has 2 amide bonds. The van der Waals surface area contributed by atoms with Gasteiger partial charge in [0.05, 0.1) is 18.1 Å². The number of pyridine rings is 1. The van der Waals surface area contributed by atoms with Gasteiger partial charge in [-0.25, -0.2) is 17.9 Å². The second kappa shape index (κ2) is 6.19. The van der Waals surface area contributed by atoms with Gasteiger partial charge in [-0.1, -0.05) is 0 Å². The fraction of sp³-hybridized carbons (Fsp3) is 0.500. The van der Waals surface area contributed by atoms with Gasteiger partial charge in [0.2, 0.25) is 10.0 Å². The average molecular weight is 298 g/mol. The predicted octanol–water partition coefficient (Wildman–Crippen LogP) is 0.627. The van der Waals surface area contributed by atoms with Crippen LogP contribution in [0, 0.1) is 0 Å². The van der Waals surface area contributed by atoms with Crippen LogP contribution in [0.1, 0.15) is 12.8 Å². The van der Waals surface area contributed by atoms with Gasteiger partial charge in [0.1, 0.15) is 0 Å². The first-order valence-corrected chi connectivity index (χ1v) is 8.26. The van der Waals surface area contributed by atoms with E-state index in [4.69, 9.17) is 0 Å². The maximum absolute atomic E-state index is 12.1. The standard InChI is InChI=1S/C12H18N4O3S/c1-20(18,19)15-11-5-3-7-16(9-11)12(17)14-10-4-2-6-13-8-10/h2,4,6,8,11,15H,3,5,7,9H2,1H3,(H,14,17)/t11-/m0/s1. The normalized spacial score (nSPS) is 19.6. The number of piperidine rings is 1. The van der Waals surface area contributed by atoms with Crippen LogP contribution in [0.2, 0.25) is 0 Å². The molecule has 20 heavy (non-hydrogen) atoms. The number of amides is 2. The number of carbonyl (C=O) groups excluding carboxylic acids is 1. The molecule has 0 radical (unpaired) electrons. The first-order valence-electron chi connectivity index (χ1n) is 6.37. The lowest BCUT2D eigenvalue weighted by Gasteiger charge is -2.32. The first-order chi connectivity index (χ1) is 9.44. The van der Waals surface area contributed by atoms with Crippen molar-refractivity contribution in [2.75, 3.05) is 24.7 Å². The van der Waals surface area contributed by atoms with Crippen LogP contribution in [0.5, 0.6) is 0 Å². The van der Waals surface area contributed by atoms with Crippen LogP contribution in [-0.4, -0.2) is 49.7 Å². The molecule has 0 unspecified atom stereocenters. The molecule has 1 aliphatic heterocycles. The third kappa shape index (κ3) is 4.46. The Morgan fingerprint density at radius 1 is 1.50 bits per heavy atom. The quantitative estimate of drug-likeness (QED) is 0.856. The van der Waals surface area contributed by atoms with Gasteiger partial charge in [-0.3, -0.25) is 4.98 Å². The van der Waals surface area contributed by atoms with Crippen LogP contribution in [0.15, 0.2) is 24.5 Å². The van der Waals surface area contributed by atoms with E-state index in [0.717, 1.165) is 19.1 Å². The van der Waals surface area contributed by atoms with Crippen molar-refractivity contribution < 1.29 is 13.2 Å². The molecular weight excluding hydrogens is 280 g/mol. The maximum Gasteiger partial charge on any atom is 0.321 e. The number of nitrogens with zero attached hydrogens (tertiary/aromatic N) is 2. The Bertz CT molecular complexity index is 561. The molecule has 1 saturated heterocycles. The zero-order valence-electron chi connectivity index (χ0n) is 11.2. The lowest BCUT2D eigenvalue weighted by atomic mass is 10.1. The van der Waals surface area contributed by atoms with E-state index in [1.165, 1.54) is 0 Å². The number of nitrogens with one attached hydrogen (secondary N) is 2. The third-order valence-electron chi connectivity index (χ3n) is 3.00. The van der Waals surface area contributed by atoms with Crippen molar-refractivity contribution in [3.63, 3.8) is 0 Å². The van der Waals surface area contributed by atoms with Crippen LogP contribution < -0.4 is 10.0 Å². The molecular formula is C12H18N4O3S. The Kier molecular flexibility index (Phi) is 4.56. The van der Waals surface area contributed by atoms with Crippen LogP contribution in [0.3, 0.4) is 0 Å². The van der Waals surface area contributed by atoms with Gasteiger partial charge in [0.25, 0.3) is 0 Å². The highest BCUT2D eigenvalue weighted by molar-refractivity contribution is 7.88. The van der Waals surface area contributed by atoms with Crippen LogP contribution in [0.25, 0.3) is 0 Å². The molecule has 1 aromatic heterocycles. The molecule has 0 aromatic carbocycles. The largest absolute Gasteiger partial charge is 0.323 e. The number of aromatic nitrogens is 1. The first kappa shape index (κ1) is 14.7. The van der Waals surface area contributed by atoms with Crippen molar-refractivity contribution in [1.82, 2.24) is 14.6 Å². The van der Waals surface area contributed by atoms with Gasteiger partial charge in [0, 0.05) is 25.3 Å². The Balaban J connectivity index is 1.93.